The highest BCUT2D eigenvalue weighted by molar-refractivity contribution is 6.30. The highest BCUT2D eigenvalue weighted by atomic mass is 35.5. The fraction of sp³-hybridized carbons (Fsp3) is 0.600. The van der Waals surface area contributed by atoms with Crippen LogP contribution < -0.4 is 4.90 Å². The summed E-state index contributed by atoms with van der Waals surface area (Å²) in [7, 11) is 2.00. The van der Waals surface area contributed by atoms with E-state index in [1.807, 2.05) is 28.8 Å². The first-order valence-electron chi connectivity index (χ1n) is 12.2. The number of halogens is 1. The van der Waals surface area contributed by atoms with Crippen molar-refractivity contribution < 1.29 is 4.79 Å². The molecule has 2 aromatic rings. The van der Waals surface area contributed by atoms with Crippen molar-refractivity contribution in [2.75, 3.05) is 44.2 Å². The van der Waals surface area contributed by atoms with Crippen LogP contribution in [0.1, 0.15) is 53.8 Å². The van der Waals surface area contributed by atoms with Crippen LogP contribution in [0.25, 0.3) is 0 Å². The number of carbonyl (C=O) groups is 1. The molecule has 6 nitrogen and oxygen atoms in total. The fourth-order valence-corrected chi connectivity index (χ4v) is 5.88. The van der Waals surface area contributed by atoms with Crippen LogP contribution in [0.3, 0.4) is 0 Å². The summed E-state index contributed by atoms with van der Waals surface area (Å²) < 4.78 is 1.97. The fourth-order valence-electron chi connectivity index (χ4n) is 5.70. The molecule has 1 aromatic carbocycles. The first-order valence-corrected chi connectivity index (χ1v) is 12.6. The van der Waals surface area contributed by atoms with Gasteiger partial charge in [0.1, 0.15) is 0 Å². The van der Waals surface area contributed by atoms with E-state index in [1.54, 1.807) is 0 Å². The number of amides is 1. The van der Waals surface area contributed by atoms with Crippen LogP contribution in [0, 0.1) is 0 Å². The van der Waals surface area contributed by atoms with Gasteiger partial charge in [0.15, 0.2) is 5.69 Å². The van der Waals surface area contributed by atoms with Crippen molar-refractivity contribution in [3.05, 3.63) is 46.2 Å². The Morgan fingerprint density at radius 1 is 1.03 bits per heavy atom. The number of hydrogen-bond acceptors (Lipinski definition) is 4. The lowest BCUT2D eigenvalue weighted by Gasteiger charge is -2.41. The third kappa shape index (κ3) is 4.40. The zero-order valence-electron chi connectivity index (χ0n) is 19.1. The zero-order valence-corrected chi connectivity index (χ0v) is 19.9. The number of likely N-dealkylation sites (tertiary alicyclic amines) is 1. The SMILES string of the molecule is Cn1nc(C(=O)N2CCCCCC2)c2c1CCC(N1CCN(c3cccc(Cl)c3)CC1)C2. The molecular weight excluding hydrogens is 422 g/mol. The molecule has 0 bridgehead atoms. The largest absolute Gasteiger partial charge is 0.369 e. The normalized spacial score (nSPS) is 22.5. The summed E-state index contributed by atoms with van der Waals surface area (Å²) in [4.78, 5) is 20.5. The van der Waals surface area contributed by atoms with Gasteiger partial charge in [0.05, 0.1) is 0 Å². The van der Waals surface area contributed by atoms with Gasteiger partial charge in [-0.2, -0.15) is 5.10 Å². The lowest BCUT2D eigenvalue weighted by atomic mass is 9.89. The van der Waals surface area contributed by atoms with Crippen LogP contribution >= 0.6 is 11.6 Å². The Bertz CT molecular complexity index is 957. The van der Waals surface area contributed by atoms with Crippen LogP contribution in [0.2, 0.25) is 5.02 Å². The second-order valence-corrected chi connectivity index (χ2v) is 9.94. The van der Waals surface area contributed by atoms with E-state index in [-0.39, 0.29) is 5.91 Å². The third-order valence-corrected chi connectivity index (χ3v) is 7.76. The van der Waals surface area contributed by atoms with Crippen molar-refractivity contribution in [1.82, 2.24) is 19.6 Å². The van der Waals surface area contributed by atoms with E-state index in [0.717, 1.165) is 76.4 Å². The Balaban J connectivity index is 1.27. The monoisotopic (exact) mass is 455 g/mol. The van der Waals surface area contributed by atoms with Gasteiger partial charge in [0.25, 0.3) is 5.91 Å². The molecule has 7 heteroatoms. The average molecular weight is 456 g/mol. The molecule has 1 atom stereocenters. The molecule has 0 N–H and O–H groups in total. The van der Waals surface area contributed by atoms with Crippen LogP contribution in [0.5, 0.6) is 0 Å². The Morgan fingerprint density at radius 3 is 2.50 bits per heavy atom. The molecule has 32 heavy (non-hydrogen) atoms. The number of carbonyl (C=O) groups excluding carboxylic acids is 1. The summed E-state index contributed by atoms with van der Waals surface area (Å²) in [5.74, 6) is 0.148. The number of nitrogens with zero attached hydrogens (tertiary/aromatic N) is 5. The van der Waals surface area contributed by atoms with Crippen molar-refractivity contribution in [3.63, 3.8) is 0 Å². The van der Waals surface area contributed by atoms with E-state index in [4.69, 9.17) is 16.7 Å². The van der Waals surface area contributed by atoms with E-state index in [2.05, 4.69) is 21.9 Å². The number of aromatic nitrogens is 2. The molecule has 0 spiro atoms. The van der Waals surface area contributed by atoms with Gasteiger partial charge in [0, 0.05) is 74.3 Å². The predicted molar refractivity (Wildman–Crippen MR) is 129 cm³/mol. The maximum absolute atomic E-state index is 13.4. The molecule has 5 rings (SSSR count). The molecule has 172 valence electrons. The quantitative estimate of drug-likeness (QED) is 0.706. The molecule has 3 heterocycles. The number of hydrogen-bond donors (Lipinski definition) is 0. The van der Waals surface area contributed by atoms with E-state index < -0.39 is 0 Å². The van der Waals surface area contributed by atoms with Crippen molar-refractivity contribution in [2.45, 2.75) is 51.0 Å². The van der Waals surface area contributed by atoms with Crippen LogP contribution in [-0.2, 0) is 19.9 Å². The van der Waals surface area contributed by atoms with E-state index in [1.165, 1.54) is 29.8 Å². The summed E-state index contributed by atoms with van der Waals surface area (Å²) in [6.07, 6.45) is 7.77. The minimum Gasteiger partial charge on any atom is -0.369 e. The molecule has 1 aliphatic carbocycles. The summed E-state index contributed by atoms with van der Waals surface area (Å²) in [6.45, 7) is 5.86. The van der Waals surface area contributed by atoms with Crippen LogP contribution in [0.4, 0.5) is 5.69 Å². The van der Waals surface area contributed by atoms with Gasteiger partial charge in [-0.1, -0.05) is 30.5 Å². The van der Waals surface area contributed by atoms with Gasteiger partial charge in [-0.3, -0.25) is 14.4 Å². The molecule has 1 amide bonds. The number of rotatable bonds is 3. The maximum atomic E-state index is 13.4. The first kappa shape index (κ1) is 21.8. The molecule has 0 radical (unpaired) electrons. The first-order chi connectivity index (χ1) is 15.6. The summed E-state index contributed by atoms with van der Waals surface area (Å²) in [5.41, 5.74) is 4.39. The Kier molecular flexibility index (Phi) is 6.42. The number of piperazine rings is 1. The van der Waals surface area contributed by atoms with Crippen LogP contribution in [-0.4, -0.2) is 70.8 Å². The van der Waals surface area contributed by atoms with Gasteiger partial charge >= 0.3 is 0 Å². The highest BCUT2D eigenvalue weighted by Crippen LogP contribution is 2.30. The van der Waals surface area contributed by atoms with Gasteiger partial charge < -0.3 is 9.80 Å². The van der Waals surface area contributed by atoms with E-state index >= 15 is 0 Å². The minimum absolute atomic E-state index is 0.148. The van der Waals surface area contributed by atoms with Gasteiger partial charge in [-0.05, 0) is 50.3 Å². The second-order valence-electron chi connectivity index (χ2n) is 9.50. The summed E-state index contributed by atoms with van der Waals surface area (Å²) >= 11 is 6.19. The van der Waals surface area contributed by atoms with Crippen molar-refractivity contribution >= 4 is 23.2 Å². The van der Waals surface area contributed by atoms with Crippen LogP contribution in [0.15, 0.2) is 24.3 Å². The molecule has 2 aliphatic heterocycles. The predicted octanol–water partition coefficient (Wildman–Crippen LogP) is 3.77. The second kappa shape index (κ2) is 9.44. The highest BCUT2D eigenvalue weighted by Gasteiger charge is 2.33. The lowest BCUT2D eigenvalue weighted by molar-refractivity contribution is 0.0753. The molecule has 1 aromatic heterocycles. The van der Waals surface area contributed by atoms with Crippen molar-refractivity contribution in [2.24, 2.45) is 7.05 Å². The number of anilines is 1. The van der Waals surface area contributed by atoms with Crippen molar-refractivity contribution in [3.8, 4) is 0 Å². The van der Waals surface area contributed by atoms with Gasteiger partial charge in [0.2, 0.25) is 0 Å². The molecule has 0 saturated carbocycles. The number of fused-ring (bicyclic) bond motifs is 1. The summed E-state index contributed by atoms with van der Waals surface area (Å²) in [5, 5.41) is 5.52. The maximum Gasteiger partial charge on any atom is 0.274 e. The Hall–Kier alpha value is -2.05. The number of aryl methyl sites for hydroxylation is 1. The lowest BCUT2D eigenvalue weighted by Crippen LogP contribution is -2.52. The molecule has 1 unspecified atom stereocenters. The van der Waals surface area contributed by atoms with Gasteiger partial charge in [-0.25, -0.2) is 0 Å². The molecule has 2 saturated heterocycles. The summed E-state index contributed by atoms with van der Waals surface area (Å²) in [6, 6.07) is 8.65. The molecular formula is C25H34ClN5O. The Labute approximate surface area is 196 Å². The minimum atomic E-state index is 0.148. The van der Waals surface area contributed by atoms with E-state index in [0.29, 0.717) is 11.7 Å². The average Bonchev–Trinajstić information content (AvgIpc) is 2.98. The smallest absolute Gasteiger partial charge is 0.274 e. The van der Waals surface area contributed by atoms with Crippen molar-refractivity contribution in [1.29, 1.82) is 0 Å². The number of benzene rings is 1. The van der Waals surface area contributed by atoms with Gasteiger partial charge in [-0.15, -0.1) is 0 Å². The van der Waals surface area contributed by atoms with E-state index in [9.17, 15) is 4.79 Å². The zero-order chi connectivity index (χ0) is 22.1. The standard InChI is InChI=1S/C25H34ClN5O/c1-28-23-10-9-21(30-15-13-29(14-16-30)20-8-6-7-19(26)17-20)18-22(23)24(27-28)25(32)31-11-4-2-3-5-12-31/h6-8,17,21H,2-5,9-16,18H2,1H3. The topological polar surface area (TPSA) is 44.6 Å². The Morgan fingerprint density at radius 2 is 1.78 bits per heavy atom. The molecule has 3 aliphatic rings. The molecule has 2 fully saturated rings. The third-order valence-electron chi connectivity index (χ3n) is 7.53.